The number of rotatable bonds is 9. The number of hydrogen-bond acceptors (Lipinski definition) is 1. The normalized spacial score (nSPS) is 10.5. The number of benzene rings is 3. The van der Waals surface area contributed by atoms with Crippen LogP contribution in [0.5, 0.6) is 0 Å². The third kappa shape index (κ3) is 5.79. The van der Waals surface area contributed by atoms with Gasteiger partial charge in [-0.05, 0) is 59.2 Å². The SMILES string of the molecule is C=CCCc1ccc(-c2ccc(-c3ccc(CCN(C)C(=O)C=C)cc3)c(F)c2)cc1. The monoisotopic (exact) mass is 413 g/mol. The second-order valence-electron chi connectivity index (χ2n) is 7.63. The van der Waals surface area contributed by atoms with Crippen LogP contribution in [-0.2, 0) is 17.6 Å². The van der Waals surface area contributed by atoms with E-state index in [-0.39, 0.29) is 11.7 Å². The molecule has 0 saturated heterocycles. The van der Waals surface area contributed by atoms with Crippen LogP contribution in [-0.4, -0.2) is 24.4 Å². The van der Waals surface area contributed by atoms with Gasteiger partial charge in [0.05, 0.1) is 0 Å². The van der Waals surface area contributed by atoms with Crippen molar-refractivity contribution in [2.75, 3.05) is 13.6 Å². The maximum Gasteiger partial charge on any atom is 0.245 e. The molecular formula is C28H28FNO. The van der Waals surface area contributed by atoms with E-state index in [1.54, 1.807) is 18.0 Å². The van der Waals surface area contributed by atoms with Crippen molar-refractivity contribution in [3.05, 3.63) is 109 Å². The van der Waals surface area contributed by atoms with Crippen molar-refractivity contribution >= 4 is 5.91 Å². The summed E-state index contributed by atoms with van der Waals surface area (Å²) in [6.07, 6.45) is 5.88. The highest BCUT2D eigenvalue weighted by Crippen LogP contribution is 2.28. The molecule has 3 aromatic carbocycles. The van der Waals surface area contributed by atoms with Crippen molar-refractivity contribution in [1.82, 2.24) is 4.90 Å². The molecule has 0 heterocycles. The lowest BCUT2D eigenvalue weighted by Crippen LogP contribution is -2.26. The summed E-state index contributed by atoms with van der Waals surface area (Å²) in [7, 11) is 1.75. The minimum Gasteiger partial charge on any atom is -0.342 e. The Morgan fingerprint density at radius 2 is 1.45 bits per heavy atom. The summed E-state index contributed by atoms with van der Waals surface area (Å²) in [4.78, 5) is 13.2. The van der Waals surface area contributed by atoms with E-state index in [9.17, 15) is 9.18 Å². The lowest BCUT2D eigenvalue weighted by atomic mass is 9.97. The first-order valence-electron chi connectivity index (χ1n) is 10.5. The van der Waals surface area contributed by atoms with Crippen molar-refractivity contribution in [3.63, 3.8) is 0 Å². The van der Waals surface area contributed by atoms with Crippen LogP contribution in [0.15, 0.2) is 92.0 Å². The molecule has 0 N–H and O–H groups in total. The number of likely N-dealkylation sites (N-methyl/N-ethyl adjacent to an activating group) is 1. The zero-order chi connectivity index (χ0) is 22.2. The molecule has 0 bridgehead atoms. The molecule has 0 aromatic heterocycles. The van der Waals surface area contributed by atoms with Crippen LogP contribution in [0.3, 0.4) is 0 Å². The van der Waals surface area contributed by atoms with Crippen LogP contribution in [0.25, 0.3) is 22.3 Å². The molecule has 3 heteroatoms. The number of nitrogens with zero attached hydrogens (tertiary/aromatic N) is 1. The van der Waals surface area contributed by atoms with Crippen molar-refractivity contribution in [2.24, 2.45) is 0 Å². The topological polar surface area (TPSA) is 20.3 Å². The molecule has 31 heavy (non-hydrogen) atoms. The van der Waals surface area contributed by atoms with Gasteiger partial charge in [0.15, 0.2) is 0 Å². The molecule has 0 radical (unpaired) electrons. The average Bonchev–Trinajstić information content (AvgIpc) is 2.81. The summed E-state index contributed by atoms with van der Waals surface area (Å²) in [6, 6.07) is 21.5. The predicted molar refractivity (Wildman–Crippen MR) is 127 cm³/mol. The van der Waals surface area contributed by atoms with Gasteiger partial charge in [0.2, 0.25) is 5.91 Å². The minimum absolute atomic E-state index is 0.0924. The fraction of sp³-hybridized carbons (Fsp3) is 0.179. The molecule has 0 saturated carbocycles. The molecule has 3 aromatic rings. The Bertz CT molecular complexity index is 1050. The highest BCUT2D eigenvalue weighted by Gasteiger charge is 2.09. The van der Waals surface area contributed by atoms with E-state index in [0.717, 1.165) is 41.5 Å². The van der Waals surface area contributed by atoms with Crippen LogP contribution >= 0.6 is 0 Å². The lowest BCUT2D eigenvalue weighted by Gasteiger charge is -2.15. The maximum absolute atomic E-state index is 14.9. The number of allylic oxidation sites excluding steroid dienone is 1. The molecule has 158 valence electrons. The first kappa shape index (κ1) is 22.2. The van der Waals surface area contributed by atoms with E-state index in [1.165, 1.54) is 11.6 Å². The minimum atomic E-state index is -0.239. The van der Waals surface area contributed by atoms with Gasteiger partial charge in [0.1, 0.15) is 5.82 Å². The number of amides is 1. The van der Waals surface area contributed by atoms with Crippen LogP contribution < -0.4 is 0 Å². The van der Waals surface area contributed by atoms with E-state index >= 15 is 0 Å². The Morgan fingerprint density at radius 3 is 2.03 bits per heavy atom. The molecule has 0 fully saturated rings. The Labute approximate surface area is 184 Å². The maximum atomic E-state index is 14.9. The van der Waals surface area contributed by atoms with Crippen molar-refractivity contribution < 1.29 is 9.18 Å². The number of hydrogen-bond donors (Lipinski definition) is 0. The number of halogens is 1. The predicted octanol–water partition coefficient (Wildman–Crippen LogP) is 6.47. The Balaban J connectivity index is 1.70. The quantitative estimate of drug-likeness (QED) is 0.291. The fourth-order valence-corrected chi connectivity index (χ4v) is 3.48. The van der Waals surface area contributed by atoms with Gasteiger partial charge in [-0.1, -0.05) is 73.3 Å². The summed E-state index contributed by atoms with van der Waals surface area (Å²) in [6.45, 7) is 7.87. The molecule has 0 unspecified atom stereocenters. The first-order valence-corrected chi connectivity index (χ1v) is 10.5. The van der Waals surface area contributed by atoms with Crippen LogP contribution in [0, 0.1) is 5.82 Å². The molecular weight excluding hydrogens is 385 g/mol. The summed E-state index contributed by atoms with van der Waals surface area (Å²) in [5.74, 6) is -0.331. The average molecular weight is 414 g/mol. The smallest absolute Gasteiger partial charge is 0.245 e. The third-order valence-corrected chi connectivity index (χ3v) is 5.45. The zero-order valence-corrected chi connectivity index (χ0v) is 18.0. The largest absolute Gasteiger partial charge is 0.342 e. The molecule has 1 amide bonds. The van der Waals surface area contributed by atoms with Gasteiger partial charge in [-0.25, -0.2) is 4.39 Å². The van der Waals surface area contributed by atoms with Gasteiger partial charge >= 0.3 is 0 Å². The second kappa shape index (κ2) is 10.5. The van der Waals surface area contributed by atoms with Gasteiger partial charge in [-0.2, -0.15) is 0 Å². The molecule has 0 aliphatic carbocycles. The highest BCUT2D eigenvalue weighted by molar-refractivity contribution is 5.86. The lowest BCUT2D eigenvalue weighted by molar-refractivity contribution is -0.124. The van der Waals surface area contributed by atoms with Crippen LogP contribution in [0.1, 0.15) is 17.5 Å². The first-order chi connectivity index (χ1) is 15.0. The Morgan fingerprint density at radius 1 is 0.871 bits per heavy atom. The van der Waals surface area contributed by atoms with Gasteiger partial charge in [0.25, 0.3) is 0 Å². The Kier molecular flexibility index (Phi) is 7.55. The van der Waals surface area contributed by atoms with E-state index in [0.29, 0.717) is 12.1 Å². The summed E-state index contributed by atoms with van der Waals surface area (Å²) in [5, 5.41) is 0. The number of carbonyl (C=O) groups excluding carboxylic acids is 1. The van der Waals surface area contributed by atoms with E-state index < -0.39 is 0 Å². The summed E-state index contributed by atoms with van der Waals surface area (Å²) >= 11 is 0. The summed E-state index contributed by atoms with van der Waals surface area (Å²) < 4.78 is 14.9. The van der Waals surface area contributed by atoms with E-state index in [1.807, 2.05) is 54.6 Å². The number of carbonyl (C=O) groups is 1. The van der Waals surface area contributed by atoms with Gasteiger partial charge < -0.3 is 4.90 Å². The van der Waals surface area contributed by atoms with Crippen molar-refractivity contribution in [3.8, 4) is 22.3 Å². The molecule has 0 atom stereocenters. The number of aryl methyl sites for hydroxylation is 1. The molecule has 2 nitrogen and oxygen atoms in total. The standard InChI is InChI=1S/C28H28FNO/c1-4-6-7-21-8-12-23(13-9-21)25-16-17-26(27(29)20-25)24-14-10-22(11-15-24)18-19-30(3)28(31)5-2/h4-5,8-17,20H,1-2,6-7,18-19H2,3H3. The van der Waals surface area contributed by atoms with Crippen molar-refractivity contribution in [2.45, 2.75) is 19.3 Å². The Hall–Kier alpha value is -3.46. The fourth-order valence-electron chi connectivity index (χ4n) is 3.48. The molecule has 3 rings (SSSR count). The highest BCUT2D eigenvalue weighted by atomic mass is 19.1. The van der Waals surface area contributed by atoms with Gasteiger partial charge in [-0.3, -0.25) is 4.79 Å². The molecule has 0 aliphatic rings. The van der Waals surface area contributed by atoms with Crippen LogP contribution in [0.4, 0.5) is 4.39 Å². The van der Waals surface area contributed by atoms with Gasteiger partial charge in [-0.15, -0.1) is 6.58 Å². The second-order valence-corrected chi connectivity index (χ2v) is 7.63. The van der Waals surface area contributed by atoms with E-state index in [4.69, 9.17) is 0 Å². The zero-order valence-electron chi connectivity index (χ0n) is 18.0. The van der Waals surface area contributed by atoms with Crippen molar-refractivity contribution in [1.29, 1.82) is 0 Å². The van der Waals surface area contributed by atoms with E-state index in [2.05, 4.69) is 25.3 Å². The van der Waals surface area contributed by atoms with Crippen LogP contribution in [0.2, 0.25) is 0 Å². The molecule has 0 aliphatic heterocycles. The van der Waals surface area contributed by atoms with Gasteiger partial charge in [0, 0.05) is 19.2 Å². The summed E-state index contributed by atoms with van der Waals surface area (Å²) in [5.41, 5.74) is 5.63. The molecule has 0 spiro atoms. The third-order valence-electron chi connectivity index (χ3n) is 5.45.